The normalized spacial score (nSPS) is 15.2. The number of benzene rings is 2. The smallest absolute Gasteiger partial charge is 0.227 e. The molecule has 0 atom stereocenters. The van der Waals surface area contributed by atoms with E-state index in [1.54, 1.807) is 0 Å². The first kappa shape index (κ1) is 17.8. The van der Waals surface area contributed by atoms with Crippen LogP contribution >= 0.6 is 12.4 Å². The third kappa shape index (κ3) is 4.04. The van der Waals surface area contributed by atoms with Gasteiger partial charge in [0.1, 0.15) is 0 Å². The van der Waals surface area contributed by atoms with Gasteiger partial charge in [0.05, 0.1) is 5.69 Å². The molecule has 0 aromatic heterocycles. The van der Waals surface area contributed by atoms with E-state index in [1.165, 1.54) is 5.39 Å². The molecule has 1 aliphatic heterocycles. The molecule has 3 nitrogen and oxygen atoms in total. The number of nitrogens with zero attached hydrogens (tertiary/aromatic N) is 1. The van der Waals surface area contributed by atoms with Crippen molar-refractivity contribution in [3.8, 4) is 0 Å². The van der Waals surface area contributed by atoms with Gasteiger partial charge in [0.25, 0.3) is 0 Å². The summed E-state index contributed by atoms with van der Waals surface area (Å²) in [7, 11) is 0. The average molecular weight is 333 g/mol. The molecule has 3 rings (SSSR count). The molecule has 0 bridgehead atoms. The van der Waals surface area contributed by atoms with Crippen molar-refractivity contribution in [2.45, 2.75) is 26.2 Å². The first-order valence-electron chi connectivity index (χ1n) is 8.28. The van der Waals surface area contributed by atoms with Crippen LogP contribution in [-0.4, -0.2) is 25.5 Å². The average Bonchev–Trinajstić information content (AvgIpc) is 2.57. The van der Waals surface area contributed by atoms with E-state index < -0.39 is 0 Å². The molecule has 2 aromatic carbocycles. The summed E-state index contributed by atoms with van der Waals surface area (Å²) < 4.78 is 0. The molecular formula is C19H25ClN2O. The van der Waals surface area contributed by atoms with Gasteiger partial charge in [-0.2, -0.15) is 0 Å². The first-order valence-corrected chi connectivity index (χ1v) is 8.28. The number of hydrogen-bond donors (Lipinski definition) is 1. The summed E-state index contributed by atoms with van der Waals surface area (Å²) >= 11 is 0. The third-order valence-electron chi connectivity index (χ3n) is 4.60. The molecular weight excluding hydrogens is 308 g/mol. The zero-order valence-electron chi connectivity index (χ0n) is 13.6. The Bertz CT molecular complexity index is 647. The molecule has 1 amide bonds. The lowest BCUT2D eigenvalue weighted by Gasteiger charge is -2.27. The van der Waals surface area contributed by atoms with Crippen molar-refractivity contribution in [3.05, 3.63) is 42.5 Å². The van der Waals surface area contributed by atoms with Crippen LogP contribution in [0, 0.1) is 5.92 Å². The van der Waals surface area contributed by atoms with E-state index in [-0.39, 0.29) is 18.3 Å². The predicted molar refractivity (Wildman–Crippen MR) is 99.4 cm³/mol. The topological polar surface area (TPSA) is 32.3 Å². The van der Waals surface area contributed by atoms with Crippen molar-refractivity contribution in [2.75, 3.05) is 24.5 Å². The Morgan fingerprint density at radius 3 is 2.57 bits per heavy atom. The number of piperidine rings is 1. The largest absolute Gasteiger partial charge is 0.317 e. The highest BCUT2D eigenvalue weighted by atomic mass is 35.5. The van der Waals surface area contributed by atoms with Crippen LogP contribution in [0.5, 0.6) is 0 Å². The summed E-state index contributed by atoms with van der Waals surface area (Å²) in [6.07, 6.45) is 2.89. The molecule has 0 saturated carbocycles. The van der Waals surface area contributed by atoms with Gasteiger partial charge in [0.2, 0.25) is 5.91 Å². The lowest BCUT2D eigenvalue weighted by atomic mass is 9.94. The Labute approximate surface area is 144 Å². The predicted octanol–water partition coefficient (Wildman–Crippen LogP) is 4.00. The molecule has 0 spiro atoms. The number of carbonyl (C=O) groups is 1. The molecule has 1 N–H and O–H groups in total. The van der Waals surface area contributed by atoms with E-state index in [1.807, 2.05) is 23.1 Å². The van der Waals surface area contributed by atoms with E-state index in [9.17, 15) is 4.79 Å². The van der Waals surface area contributed by atoms with Crippen LogP contribution in [0.1, 0.15) is 26.2 Å². The van der Waals surface area contributed by atoms with Gasteiger partial charge in [-0.05, 0) is 50.2 Å². The maximum absolute atomic E-state index is 12.8. The molecule has 23 heavy (non-hydrogen) atoms. The molecule has 1 fully saturated rings. The van der Waals surface area contributed by atoms with Gasteiger partial charge in [0, 0.05) is 18.4 Å². The van der Waals surface area contributed by atoms with Crippen LogP contribution in [0.3, 0.4) is 0 Å². The molecule has 4 heteroatoms. The van der Waals surface area contributed by atoms with E-state index >= 15 is 0 Å². The Balaban J connectivity index is 0.00000192. The zero-order chi connectivity index (χ0) is 15.4. The number of anilines is 1. The minimum atomic E-state index is 0. The molecule has 1 aliphatic rings. The van der Waals surface area contributed by atoms with Crippen LogP contribution in [0.15, 0.2) is 42.5 Å². The van der Waals surface area contributed by atoms with Gasteiger partial charge < -0.3 is 10.2 Å². The zero-order valence-corrected chi connectivity index (χ0v) is 14.4. The molecule has 1 heterocycles. The third-order valence-corrected chi connectivity index (χ3v) is 4.60. The van der Waals surface area contributed by atoms with Gasteiger partial charge in [-0.25, -0.2) is 0 Å². The van der Waals surface area contributed by atoms with Gasteiger partial charge in [-0.15, -0.1) is 12.4 Å². The summed E-state index contributed by atoms with van der Waals surface area (Å²) in [5.41, 5.74) is 1.04. The summed E-state index contributed by atoms with van der Waals surface area (Å²) in [5, 5.41) is 5.71. The van der Waals surface area contributed by atoms with Crippen LogP contribution in [0.2, 0.25) is 0 Å². The molecule has 0 aliphatic carbocycles. The Kier molecular flexibility index (Phi) is 6.43. The maximum atomic E-state index is 12.8. The number of fused-ring (bicyclic) bond motifs is 1. The quantitative estimate of drug-likeness (QED) is 0.917. The maximum Gasteiger partial charge on any atom is 0.227 e. The Hall–Kier alpha value is -1.58. The summed E-state index contributed by atoms with van der Waals surface area (Å²) in [6.45, 7) is 4.86. The summed E-state index contributed by atoms with van der Waals surface area (Å²) in [5.74, 6) is 0.781. The second kappa shape index (κ2) is 8.32. The fraction of sp³-hybridized carbons (Fsp3) is 0.421. The summed E-state index contributed by atoms with van der Waals surface area (Å²) in [4.78, 5) is 14.7. The highest BCUT2D eigenvalue weighted by molar-refractivity contribution is 6.03. The number of halogens is 1. The fourth-order valence-electron chi connectivity index (χ4n) is 3.37. The minimum absolute atomic E-state index is 0. The van der Waals surface area contributed by atoms with Gasteiger partial charge in [0.15, 0.2) is 0 Å². The van der Waals surface area contributed by atoms with E-state index in [2.05, 4.69) is 36.5 Å². The number of rotatable bonds is 4. The van der Waals surface area contributed by atoms with E-state index in [0.717, 1.165) is 43.5 Å². The molecule has 0 unspecified atom stereocenters. The summed E-state index contributed by atoms with van der Waals surface area (Å²) in [6, 6.07) is 14.5. The Morgan fingerprint density at radius 2 is 1.83 bits per heavy atom. The molecule has 124 valence electrons. The van der Waals surface area contributed by atoms with Crippen LogP contribution in [0.4, 0.5) is 5.69 Å². The number of carbonyl (C=O) groups excluding carboxylic acids is 1. The van der Waals surface area contributed by atoms with Crippen molar-refractivity contribution in [1.82, 2.24) is 5.32 Å². The molecule has 0 radical (unpaired) electrons. The highest BCUT2D eigenvalue weighted by Crippen LogP contribution is 2.28. The fourth-order valence-corrected chi connectivity index (χ4v) is 3.37. The highest BCUT2D eigenvalue weighted by Gasteiger charge is 2.22. The van der Waals surface area contributed by atoms with Gasteiger partial charge >= 0.3 is 0 Å². The second-order valence-electron chi connectivity index (χ2n) is 6.03. The van der Waals surface area contributed by atoms with Gasteiger partial charge in [-0.1, -0.05) is 36.4 Å². The van der Waals surface area contributed by atoms with Crippen LogP contribution in [-0.2, 0) is 4.79 Å². The number of amides is 1. The van der Waals surface area contributed by atoms with Crippen molar-refractivity contribution in [3.63, 3.8) is 0 Å². The van der Waals surface area contributed by atoms with E-state index in [0.29, 0.717) is 12.3 Å². The lowest BCUT2D eigenvalue weighted by molar-refractivity contribution is -0.119. The minimum Gasteiger partial charge on any atom is -0.317 e. The van der Waals surface area contributed by atoms with Crippen LogP contribution in [0.25, 0.3) is 10.8 Å². The lowest BCUT2D eigenvalue weighted by Crippen LogP contribution is -2.35. The molecule has 2 aromatic rings. The Morgan fingerprint density at radius 1 is 1.13 bits per heavy atom. The van der Waals surface area contributed by atoms with Crippen molar-refractivity contribution in [1.29, 1.82) is 0 Å². The van der Waals surface area contributed by atoms with E-state index in [4.69, 9.17) is 0 Å². The van der Waals surface area contributed by atoms with Crippen LogP contribution < -0.4 is 10.2 Å². The first-order chi connectivity index (χ1) is 10.8. The van der Waals surface area contributed by atoms with Crippen molar-refractivity contribution >= 4 is 34.8 Å². The van der Waals surface area contributed by atoms with Crippen molar-refractivity contribution in [2.24, 2.45) is 5.92 Å². The standard InChI is InChI=1S/C19H24N2O.ClH/c1-2-21(19(22)14-15-10-12-20-13-11-15)18-9-5-7-16-6-3-4-8-17(16)18;/h3-9,15,20H,2,10-14H2,1H3;1H. The van der Waals surface area contributed by atoms with Gasteiger partial charge in [-0.3, -0.25) is 4.79 Å². The number of hydrogen-bond acceptors (Lipinski definition) is 2. The second-order valence-corrected chi connectivity index (χ2v) is 6.03. The molecule has 1 saturated heterocycles. The SMILES string of the molecule is CCN(C(=O)CC1CCNCC1)c1cccc2ccccc12.Cl. The monoisotopic (exact) mass is 332 g/mol. The van der Waals surface area contributed by atoms with Crippen molar-refractivity contribution < 1.29 is 4.79 Å². The number of nitrogens with one attached hydrogen (secondary N) is 1.